The van der Waals surface area contributed by atoms with Crippen molar-refractivity contribution in [2.75, 3.05) is 37.5 Å². The van der Waals surface area contributed by atoms with E-state index in [-0.39, 0.29) is 12.5 Å². The largest absolute Gasteiger partial charge is 0.399 e. The molecule has 1 unspecified atom stereocenters. The van der Waals surface area contributed by atoms with Crippen LogP contribution < -0.4 is 11.1 Å². The number of carbonyl (C=O) groups is 1. The van der Waals surface area contributed by atoms with Crippen molar-refractivity contribution in [3.8, 4) is 0 Å². The monoisotopic (exact) mass is 250 g/mol. The molecule has 1 aromatic carbocycles. The Bertz CT molecular complexity index is 403. The molecule has 3 N–H and O–H groups in total. The zero-order valence-corrected chi connectivity index (χ0v) is 10.2. The van der Waals surface area contributed by atoms with E-state index in [1.807, 2.05) is 0 Å². The fourth-order valence-electron chi connectivity index (χ4n) is 1.85. The molecular weight excluding hydrogens is 232 g/mol. The summed E-state index contributed by atoms with van der Waals surface area (Å²) in [6.45, 7) is 2.16. The van der Waals surface area contributed by atoms with Crippen molar-refractivity contribution in [3.05, 3.63) is 24.3 Å². The van der Waals surface area contributed by atoms with Gasteiger partial charge >= 0.3 is 0 Å². The molecule has 0 radical (unpaired) electrons. The molecule has 1 saturated heterocycles. The van der Waals surface area contributed by atoms with Gasteiger partial charge in [-0.15, -0.1) is 0 Å². The summed E-state index contributed by atoms with van der Waals surface area (Å²) in [6.07, 6.45) is 1.01. The molecule has 1 aliphatic heterocycles. The Hall–Kier alpha value is -1.59. The van der Waals surface area contributed by atoms with E-state index in [0.717, 1.165) is 19.6 Å². The van der Waals surface area contributed by atoms with Crippen LogP contribution in [0.25, 0.3) is 0 Å². The van der Waals surface area contributed by atoms with Crippen molar-refractivity contribution < 1.29 is 14.3 Å². The molecule has 1 amide bonds. The zero-order chi connectivity index (χ0) is 12.8. The molecular formula is C13H18N2O3. The van der Waals surface area contributed by atoms with E-state index < -0.39 is 0 Å². The summed E-state index contributed by atoms with van der Waals surface area (Å²) in [5.74, 6) is 0.254. The Labute approximate surface area is 106 Å². The summed E-state index contributed by atoms with van der Waals surface area (Å²) in [5.41, 5.74) is 6.93. The third kappa shape index (κ3) is 4.01. The van der Waals surface area contributed by atoms with Gasteiger partial charge in [-0.05, 0) is 24.6 Å². The number of carbonyl (C=O) groups excluding carboxylic acids is 1. The molecule has 1 fully saturated rings. The van der Waals surface area contributed by atoms with Crippen LogP contribution in [0, 0.1) is 5.92 Å². The first-order valence-corrected chi connectivity index (χ1v) is 6.05. The first-order chi connectivity index (χ1) is 8.74. The van der Waals surface area contributed by atoms with Gasteiger partial charge in [-0.25, -0.2) is 0 Å². The Morgan fingerprint density at radius 2 is 2.44 bits per heavy atom. The van der Waals surface area contributed by atoms with Crippen molar-refractivity contribution >= 4 is 17.3 Å². The zero-order valence-electron chi connectivity index (χ0n) is 10.2. The molecule has 1 atom stereocenters. The fraction of sp³-hybridized carbons (Fsp3) is 0.462. The molecule has 0 bridgehead atoms. The Balaban J connectivity index is 1.68. The van der Waals surface area contributed by atoms with Crippen molar-refractivity contribution in [1.29, 1.82) is 0 Å². The van der Waals surface area contributed by atoms with Crippen molar-refractivity contribution in [2.24, 2.45) is 5.92 Å². The number of nitrogen functional groups attached to an aromatic ring is 1. The van der Waals surface area contributed by atoms with Gasteiger partial charge in [-0.1, -0.05) is 6.07 Å². The lowest BCUT2D eigenvalue weighted by molar-refractivity contribution is -0.121. The summed E-state index contributed by atoms with van der Waals surface area (Å²) in [5, 5.41) is 2.73. The van der Waals surface area contributed by atoms with Crippen LogP contribution in [0.4, 0.5) is 11.4 Å². The van der Waals surface area contributed by atoms with Crippen LogP contribution in [0.5, 0.6) is 0 Å². The number of benzene rings is 1. The number of hydrogen-bond donors (Lipinski definition) is 2. The quantitative estimate of drug-likeness (QED) is 0.772. The number of rotatable bonds is 5. The lowest BCUT2D eigenvalue weighted by Gasteiger charge is -2.09. The van der Waals surface area contributed by atoms with Gasteiger partial charge in [0.05, 0.1) is 13.2 Å². The molecule has 98 valence electrons. The summed E-state index contributed by atoms with van der Waals surface area (Å²) < 4.78 is 10.6. The lowest BCUT2D eigenvalue weighted by atomic mass is 10.1. The maximum Gasteiger partial charge on any atom is 0.250 e. The van der Waals surface area contributed by atoms with Crippen LogP contribution in [0.15, 0.2) is 24.3 Å². The fourth-order valence-corrected chi connectivity index (χ4v) is 1.85. The average molecular weight is 250 g/mol. The van der Waals surface area contributed by atoms with Crippen LogP contribution in [-0.4, -0.2) is 32.3 Å². The van der Waals surface area contributed by atoms with E-state index in [0.29, 0.717) is 23.9 Å². The highest BCUT2D eigenvalue weighted by Gasteiger charge is 2.16. The summed E-state index contributed by atoms with van der Waals surface area (Å²) in [6, 6.07) is 7.07. The number of anilines is 2. The molecule has 2 rings (SSSR count). The van der Waals surface area contributed by atoms with Crippen molar-refractivity contribution in [3.63, 3.8) is 0 Å². The second-order valence-electron chi connectivity index (χ2n) is 4.42. The van der Waals surface area contributed by atoms with E-state index in [1.54, 1.807) is 24.3 Å². The molecule has 5 nitrogen and oxygen atoms in total. The first kappa shape index (κ1) is 12.9. The van der Waals surface area contributed by atoms with Crippen molar-refractivity contribution in [1.82, 2.24) is 0 Å². The van der Waals surface area contributed by atoms with Gasteiger partial charge in [0, 0.05) is 23.9 Å². The molecule has 0 aromatic heterocycles. The molecule has 0 spiro atoms. The highest BCUT2D eigenvalue weighted by molar-refractivity contribution is 5.92. The van der Waals surface area contributed by atoms with Crippen LogP contribution in [0.2, 0.25) is 0 Å². The average Bonchev–Trinajstić information content (AvgIpc) is 2.82. The Morgan fingerprint density at radius 3 is 3.17 bits per heavy atom. The van der Waals surface area contributed by atoms with E-state index in [2.05, 4.69) is 5.32 Å². The van der Waals surface area contributed by atoms with Gasteiger partial charge in [0.2, 0.25) is 5.91 Å². The second-order valence-corrected chi connectivity index (χ2v) is 4.42. The minimum atomic E-state index is -0.167. The SMILES string of the molecule is Nc1cccc(NC(=O)COCC2CCOC2)c1. The van der Waals surface area contributed by atoms with Crippen LogP contribution in [0.3, 0.4) is 0 Å². The Morgan fingerprint density at radius 1 is 1.56 bits per heavy atom. The van der Waals surface area contributed by atoms with E-state index >= 15 is 0 Å². The molecule has 5 heteroatoms. The van der Waals surface area contributed by atoms with Gasteiger partial charge in [0.25, 0.3) is 0 Å². The maximum atomic E-state index is 11.6. The Kier molecular flexibility index (Phi) is 4.55. The van der Waals surface area contributed by atoms with Gasteiger partial charge in [-0.2, -0.15) is 0 Å². The predicted octanol–water partition coefficient (Wildman–Crippen LogP) is 1.26. The third-order valence-corrected chi connectivity index (χ3v) is 2.78. The molecule has 1 aromatic rings. The highest BCUT2D eigenvalue weighted by Crippen LogP contribution is 2.13. The molecule has 0 saturated carbocycles. The first-order valence-electron chi connectivity index (χ1n) is 6.05. The number of amides is 1. The number of nitrogens with two attached hydrogens (primary N) is 1. The number of ether oxygens (including phenoxy) is 2. The van der Waals surface area contributed by atoms with Crippen LogP contribution in [-0.2, 0) is 14.3 Å². The normalized spacial score (nSPS) is 18.8. The predicted molar refractivity (Wildman–Crippen MR) is 69.2 cm³/mol. The summed E-state index contributed by atoms with van der Waals surface area (Å²) in [4.78, 5) is 11.6. The van der Waals surface area contributed by atoms with Crippen LogP contribution >= 0.6 is 0 Å². The third-order valence-electron chi connectivity index (χ3n) is 2.78. The number of hydrogen-bond acceptors (Lipinski definition) is 4. The van der Waals surface area contributed by atoms with Gasteiger partial charge in [-0.3, -0.25) is 4.79 Å². The maximum absolute atomic E-state index is 11.6. The molecule has 1 heterocycles. The molecule has 1 aliphatic rings. The smallest absolute Gasteiger partial charge is 0.250 e. The summed E-state index contributed by atoms with van der Waals surface area (Å²) in [7, 11) is 0. The standard InChI is InChI=1S/C13H18N2O3/c14-11-2-1-3-12(6-11)15-13(16)9-18-8-10-4-5-17-7-10/h1-3,6,10H,4-5,7-9,14H2,(H,15,16). The van der Waals surface area contributed by atoms with Crippen LogP contribution in [0.1, 0.15) is 6.42 Å². The minimum Gasteiger partial charge on any atom is -0.399 e. The number of nitrogens with one attached hydrogen (secondary N) is 1. The van der Waals surface area contributed by atoms with E-state index in [1.165, 1.54) is 0 Å². The molecule has 18 heavy (non-hydrogen) atoms. The molecule has 0 aliphatic carbocycles. The lowest BCUT2D eigenvalue weighted by Crippen LogP contribution is -2.21. The van der Waals surface area contributed by atoms with E-state index in [4.69, 9.17) is 15.2 Å². The summed E-state index contributed by atoms with van der Waals surface area (Å²) >= 11 is 0. The van der Waals surface area contributed by atoms with Crippen molar-refractivity contribution in [2.45, 2.75) is 6.42 Å². The topological polar surface area (TPSA) is 73.6 Å². The van der Waals surface area contributed by atoms with Gasteiger partial charge in [0.1, 0.15) is 6.61 Å². The van der Waals surface area contributed by atoms with Gasteiger partial charge < -0.3 is 20.5 Å². The van der Waals surface area contributed by atoms with Gasteiger partial charge in [0.15, 0.2) is 0 Å². The highest BCUT2D eigenvalue weighted by atomic mass is 16.5. The second kappa shape index (κ2) is 6.37. The minimum absolute atomic E-state index is 0.0608. The van der Waals surface area contributed by atoms with E-state index in [9.17, 15) is 4.79 Å².